The summed E-state index contributed by atoms with van der Waals surface area (Å²) in [5.74, 6) is 0.624. The molecule has 1 fully saturated rings. The summed E-state index contributed by atoms with van der Waals surface area (Å²) in [4.78, 5) is 14.3. The SMILES string of the molecule is CC(C)N1CCC(CNC(=O)/C=C/c2ccccc2)CC1. The van der Waals surface area contributed by atoms with E-state index in [1.54, 1.807) is 6.08 Å². The third-order valence-electron chi connectivity index (χ3n) is 4.17. The minimum absolute atomic E-state index is 0.00476. The molecule has 1 heterocycles. The fourth-order valence-corrected chi connectivity index (χ4v) is 2.71. The predicted octanol–water partition coefficient (Wildman–Crippen LogP) is 2.94. The Hall–Kier alpha value is -1.61. The summed E-state index contributed by atoms with van der Waals surface area (Å²) in [6.45, 7) is 7.59. The lowest BCUT2D eigenvalue weighted by molar-refractivity contribution is -0.116. The lowest BCUT2D eigenvalue weighted by Crippen LogP contribution is -2.41. The minimum Gasteiger partial charge on any atom is -0.352 e. The lowest BCUT2D eigenvalue weighted by Gasteiger charge is -2.34. The van der Waals surface area contributed by atoms with Crippen molar-refractivity contribution in [3.8, 4) is 0 Å². The maximum Gasteiger partial charge on any atom is 0.244 e. The fraction of sp³-hybridized carbons (Fsp3) is 0.500. The summed E-state index contributed by atoms with van der Waals surface area (Å²) in [6.07, 6.45) is 5.84. The van der Waals surface area contributed by atoms with Crippen LogP contribution < -0.4 is 5.32 Å². The summed E-state index contributed by atoms with van der Waals surface area (Å²) >= 11 is 0. The standard InChI is InChI=1S/C18H26N2O/c1-15(2)20-12-10-17(11-13-20)14-19-18(21)9-8-16-6-4-3-5-7-16/h3-9,15,17H,10-14H2,1-2H3,(H,19,21)/b9-8+. The third kappa shape index (κ3) is 5.35. The Morgan fingerprint density at radius 3 is 2.57 bits per heavy atom. The van der Waals surface area contributed by atoms with Crippen LogP contribution in [0.1, 0.15) is 32.3 Å². The van der Waals surface area contributed by atoms with Crippen LogP contribution in [0.5, 0.6) is 0 Å². The number of hydrogen-bond donors (Lipinski definition) is 1. The van der Waals surface area contributed by atoms with Crippen molar-refractivity contribution < 1.29 is 4.79 Å². The Kier molecular flexibility index (Phi) is 6.00. The molecule has 0 atom stereocenters. The summed E-state index contributed by atoms with van der Waals surface area (Å²) in [6, 6.07) is 10.5. The van der Waals surface area contributed by atoms with Gasteiger partial charge >= 0.3 is 0 Å². The molecular formula is C18H26N2O. The van der Waals surface area contributed by atoms with Gasteiger partial charge in [-0.25, -0.2) is 0 Å². The van der Waals surface area contributed by atoms with Crippen LogP contribution in [0.25, 0.3) is 6.08 Å². The third-order valence-corrected chi connectivity index (χ3v) is 4.17. The zero-order valence-corrected chi connectivity index (χ0v) is 13.1. The predicted molar refractivity (Wildman–Crippen MR) is 87.9 cm³/mol. The largest absolute Gasteiger partial charge is 0.352 e. The van der Waals surface area contributed by atoms with Crippen LogP contribution in [-0.2, 0) is 4.79 Å². The summed E-state index contributed by atoms with van der Waals surface area (Å²) in [7, 11) is 0. The molecule has 2 rings (SSSR count). The Morgan fingerprint density at radius 1 is 1.29 bits per heavy atom. The van der Waals surface area contributed by atoms with Gasteiger partial charge in [0, 0.05) is 18.7 Å². The summed E-state index contributed by atoms with van der Waals surface area (Å²) in [5.41, 5.74) is 1.05. The number of nitrogens with one attached hydrogen (secondary N) is 1. The summed E-state index contributed by atoms with van der Waals surface area (Å²) < 4.78 is 0. The van der Waals surface area contributed by atoms with Crippen molar-refractivity contribution in [2.75, 3.05) is 19.6 Å². The second kappa shape index (κ2) is 7.99. The summed E-state index contributed by atoms with van der Waals surface area (Å²) in [5, 5.41) is 3.02. The fourth-order valence-electron chi connectivity index (χ4n) is 2.71. The van der Waals surface area contributed by atoms with Gasteiger partial charge in [0.05, 0.1) is 0 Å². The van der Waals surface area contributed by atoms with E-state index in [0.29, 0.717) is 12.0 Å². The molecular weight excluding hydrogens is 260 g/mol. The van der Waals surface area contributed by atoms with Crippen LogP contribution in [0.3, 0.4) is 0 Å². The monoisotopic (exact) mass is 286 g/mol. The Balaban J connectivity index is 1.69. The molecule has 3 heteroatoms. The van der Waals surface area contributed by atoms with Crippen molar-refractivity contribution in [3.63, 3.8) is 0 Å². The molecule has 114 valence electrons. The van der Waals surface area contributed by atoms with Crippen molar-refractivity contribution in [1.29, 1.82) is 0 Å². The van der Waals surface area contributed by atoms with Crippen molar-refractivity contribution in [2.24, 2.45) is 5.92 Å². The van der Waals surface area contributed by atoms with Gasteiger partial charge in [0.25, 0.3) is 0 Å². The normalized spacial score (nSPS) is 17.5. The van der Waals surface area contributed by atoms with Gasteiger partial charge in [-0.2, -0.15) is 0 Å². The highest BCUT2D eigenvalue weighted by Gasteiger charge is 2.20. The average molecular weight is 286 g/mol. The minimum atomic E-state index is 0.00476. The van der Waals surface area contributed by atoms with Crippen LogP contribution in [-0.4, -0.2) is 36.5 Å². The van der Waals surface area contributed by atoms with Gasteiger partial charge < -0.3 is 10.2 Å². The molecule has 21 heavy (non-hydrogen) atoms. The number of benzene rings is 1. The molecule has 0 spiro atoms. The Morgan fingerprint density at radius 2 is 1.95 bits per heavy atom. The number of piperidine rings is 1. The zero-order valence-electron chi connectivity index (χ0n) is 13.1. The van der Waals surface area contributed by atoms with Gasteiger partial charge in [0.1, 0.15) is 0 Å². The number of amides is 1. The van der Waals surface area contributed by atoms with E-state index < -0.39 is 0 Å². The maximum absolute atomic E-state index is 11.8. The second-order valence-corrected chi connectivity index (χ2v) is 6.06. The lowest BCUT2D eigenvalue weighted by atomic mass is 9.96. The van der Waals surface area contributed by atoms with E-state index in [2.05, 4.69) is 24.1 Å². The smallest absolute Gasteiger partial charge is 0.244 e. The second-order valence-electron chi connectivity index (χ2n) is 6.06. The number of carbonyl (C=O) groups is 1. The van der Waals surface area contributed by atoms with Gasteiger partial charge in [0.15, 0.2) is 0 Å². The topological polar surface area (TPSA) is 32.3 Å². The number of rotatable bonds is 5. The van der Waals surface area contributed by atoms with E-state index in [0.717, 1.165) is 25.2 Å². The average Bonchev–Trinajstić information content (AvgIpc) is 2.52. The molecule has 0 radical (unpaired) electrons. The first kappa shape index (κ1) is 15.8. The molecule has 0 aliphatic carbocycles. The van der Waals surface area contributed by atoms with E-state index in [1.165, 1.54) is 12.8 Å². The molecule has 0 saturated carbocycles. The van der Waals surface area contributed by atoms with Crippen LogP contribution >= 0.6 is 0 Å². The quantitative estimate of drug-likeness (QED) is 0.844. The molecule has 1 amide bonds. The van der Waals surface area contributed by atoms with Crippen LogP contribution in [0.4, 0.5) is 0 Å². The Labute approximate surface area is 128 Å². The van der Waals surface area contributed by atoms with Gasteiger partial charge in [-0.05, 0) is 57.3 Å². The van der Waals surface area contributed by atoms with E-state index >= 15 is 0 Å². The van der Waals surface area contributed by atoms with Crippen LogP contribution in [0.15, 0.2) is 36.4 Å². The molecule has 0 aromatic heterocycles. The molecule has 1 N–H and O–H groups in total. The van der Waals surface area contributed by atoms with Crippen molar-refractivity contribution in [2.45, 2.75) is 32.7 Å². The highest BCUT2D eigenvalue weighted by molar-refractivity contribution is 5.91. The Bertz CT molecular complexity index is 459. The number of likely N-dealkylation sites (tertiary alicyclic amines) is 1. The number of hydrogen-bond acceptors (Lipinski definition) is 2. The number of carbonyl (C=O) groups excluding carboxylic acids is 1. The first-order chi connectivity index (χ1) is 10.1. The molecule has 3 nitrogen and oxygen atoms in total. The van der Waals surface area contributed by atoms with Gasteiger partial charge in [-0.15, -0.1) is 0 Å². The first-order valence-electron chi connectivity index (χ1n) is 7.90. The highest BCUT2D eigenvalue weighted by atomic mass is 16.1. The molecule has 1 aromatic carbocycles. The van der Waals surface area contributed by atoms with Crippen molar-refractivity contribution in [3.05, 3.63) is 42.0 Å². The van der Waals surface area contributed by atoms with E-state index in [-0.39, 0.29) is 5.91 Å². The molecule has 1 saturated heterocycles. The molecule has 0 bridgehead atoms. The van der Waals surface area contributed by atoms with Crippen LogP contribution in [0, 0.1) is 5.92 Å². The highest BCUT2D eigenvalue weighted by Crippen LogP contribution is 2.18. The van der Waals surface area contributed by atoms with E-state index in [9.17, 15) is 4.79 Å². The molecule has 1 aliphatic heterocycles. The van der Waals surface area contributed by atoms with Crippen molar-refractivity contribution in [1.82, 2.24) is 10.2 Å². The number of nitrogens with zero attached hydrogens (tertiary/aromatic N) is 1. The van der Waals surface area contributed by atoms with Crippen LogP contribution in [0.2, 0.25) is 0 Å². The van der Waals surface area contributed by atoms with E-state index in [1.807, 2.05) is 36.4 Å². The first-order valence-corrected chi connectivity index (χ1v) is 7.90. The van der Waals surface area contributed by atoms with Gasteiger partial charge in [-0.1, -0.05) is 30.3 Å². The molecule has 1 aliphatic rings. The van der Waals surface area contributed by atoms with E-state index in [4.69, 9.17) is 0 Å². The zero-order chi connectivity index (χ0) is 15.1. The molecule has 1 aromatic rings. The van der Waals surface area contributed by atoms with Gasteiger partial charge in [-0.3, -0.25) is 4.79 Å². The van der Waals surface area contributed by atoms with Gasteiger partial charge in [0.2, 0.25) is 5.91 Å². The maximum atomic E-state index is 11.8. The molecule has 0 unspecified atom stereocenters. The van der Waals surface area contributed by atoms with Crippen molar-refractivity contribution >= 4 is 12.0 Å².